The van der Waals surface area contributed by atoms with E-state index in [4.69, 9.17) is 5.73 Å². The molecular weight excluding hydrogens is 226 g/mol. The molecule has 2 N–H and O–H groups in total. The molecular formula is C14H21N3O. The van der Waals surface area contributed by atoms with E-state index < -0.39 is 0 Å². The zero-order valence-electron chi connectivity index (χ0n) is 11.3. The number of nitrogens with zero attached hydrogens (tertiary/aromatic N) is 2. The number of carbonyl (C=O) groups is 1. The Bertz CT molecular complexity index is 456. The molecule has 1 aliphatic rings. The molecule has 98 valence electrons. The molecule has 18 heavy (non-hydrogen) atoms. The van der Waals surface area contributed by atoms with Crippen molar-refractivity contribution in [3.8, 4) is 0 Å². The minimum absolute atomic E-state index is 0.0656. The number of hydrogen-bond acceptors (Lipinski definition) is 3. The van der Waals surface area contributed by atoms with Crippen LogP contribution in [-0.2, 0) is 4.79 Å². The van der Waals surface area contributed by atoms with Crippen molar-refractivity contribution in [1.82, 2.24) is 4.90 Å². The van der Waals surface area contributed by atoms with Crippen LogP contribution in [0, 0.1) is 6.92 Å². The van der Waals surface area contributed by atoms with E-state index in [0.29, 0.717) is 0 Å². The third-order valence-electron chi connectivity index (χ3n) is 3.59. The number of hydrogen-bond donors (Lipinski definition) is 1. The quantitative estimate of drug-likeness (QED) is 0.808. The predicted molar refractivity (Wildman–Crippen MR) is 74.7 cm³/mol. The van der Waals surface area contributed by atoms with Gasteiger partial charge in [0.15, 0.2) is 0 Å². The molecule has 0 spiro atoms. The zero-order chi connectivity index (χ0) is 13.3. The summed E-state index contributed by atoms with van der Waals surface area (Å²) in [5.41, 5.74) is 8.98. The van der Waals surface area contributed by atoms with Crippen LogP contribution < -0.4 is 10.6 Å². The van der Waals surface area contributed by atoms with E-state index in [1.165, 1.54) is 0 Å². The summed E-state index contributed by atoms with van der Waals surface area (Å²) in [7, 11) is 3.61. The van der Waals surface area contributed by atoms with Crippen LogP contribution in [0.15, 0.2) is 18.2 Å². The largest absolute Gasteiger partial charge is 0.397 e. The fourth-order valence-corrected chi connectivity index (χ4v) is 2.53. The van der Waals surface area contributed by atoms with Crippen molar-refractivity contribution < 1.29 is 4.79 Å². The van der Waals surface area contributed by atoms with Gasteiger partial charge in [-0.25, -0.2) is 0 Å². The lowest BCUT2D eigenvalue weighted by atomic mass is 10.1. The number of rotatable bonds is 2. The van der Waals surface area contributed by atoms with Crippen molar-refractivity contribution in [3.63, 3.8) is 0 Å². The molecule has 1 aromatic rings. The third-order valence-corrected chi connectivity index (χ3v) is 3.59. The molecule has 0 radical (unpaired) electrons. The van der Waals surface area contributed by atoms with E-state index in [1.807, 2.05) is 25.1 Å². The van der Waals surface area contributed by atoms with Crippen molar-refractivity contribution in [1.29, 1.82) is 0 Å². The number of nitrogens with two attached hydrogens (primary N) is 1. The maximum absolute atomic E-state index is 12.2. The maximum atomic E-state index is 12.2. The third kappa shape index (κ3) is 2.15. The van der Waals surface area contributed by atoms with E-state index >= 15 is 0 Å². The van der Waals surface area contributed by atoms with Crippen LogP contribution in [0.2, 0.25) is 0 Å². The molecule has 1 aliphatic heterocycles. The minimum atomic E-state index is -0.0656. The monoisotopic (exact) mass is 247 g/mol. The van der Waals surface area contributed by atoms with E-state index in [2.05, 4.69) is 4.90 Å². The topological polar surface area (TPSA) is 49.6 Å². The van der Waals surface area contributed by atoms with E-state index in [-0.39, 0.29) is 11.9 Å². The second-order valence-corrected chi connectivity index (χ2v) is 5.09. The van der Waals surface area contributed by atoms with Gasteiger partial charge in [0.05, 0.1) is 11.4 Å². The van der Waals surface area contributed by atoms with Gasteiger partial charge in [-0.15, -0.1) is 0 Å². The summed E-state index contributed by atoms with van der Waals surface area (Å²) in [6, 6.07) is 5.93. The molecule has 1 aromatic carbocycles. The maximum Gasteiger partial charge on any atom is 0.244 e. The fourth-order valence-electron chi connectivity index (χ4n) is 2.53. The highest BCUT2D eigenvalue weighted by molar-refractivity contribution is 5.87. The lowest BCUT2D eigenvalue weighted by molar-refractivity contribution is -0.129. The van der Waals surface area contributed by atoms with Gasteiger partial charge < -0.3 is 15.5 Å². The lowest BCUT2D eigenvalue weighted by Gasteiger charge is -2.29. The minimum Gasteiger partial charge on any atom is -0.397 e. The summed E-state index contributed by atoms with van der Waals surface area (Å²) in [5.74, 6) is 0.161. The first-order valence-electron chi connectivity index (χ1n) is 6.35. The van der Waals surface area contributed by atoms with Crippen LogP contribution in [0.25, 0.3) is 0 Å². The number of nitrogen functional groups attached to an aromatic ring is 1. The van der Waals surface area contributed by atoms with Gasteiger partial charge in [0, 0.05) is 20.6 Å². The summed E-state index contributed by atoms with van der Waals surface area (Å²) in [4.78, 5) is 16.0. The molecule has 0 bridgehead atoms. The summed E-state index contributed by atoms with van der Waals surface area (Å²) in [5, 5.41) is 0. The number of amides is 1. The molecule has 4 heteroatoms. The number of likely N-dealkylation sites (N-methyl/N-ethyl adjacent to an activating group) is 1. The fraction of sp³-hybridized carbons (Fsp3) is 0.500. The SMILES string of the molecule is Cc1cccc(N2CCCC2C(=O)N(C)C)c1N. The summed E-state index contributed by atoms with van der Waals surface area (Å²) in [6.45, 7) is 2.90. The average Bonchev–Trinajstić information content (AvgIpc) is 2.80. The molecule has 0 aliphatic carbocycles. The van der Waals surface area contributed by atoms with Crippen molar-refractivity contribution in [2.24, 2.45) is 0 Å². The van der Waals surface area contributed by atoms with Gasteiger partial charge in [0.1, 0.15) is 6.04 Å². The molecule has 1 saturated heterocycles. The van der Waals surface area contributed by atoms with Gasteiger partial charge in [-0.2, -0.15) is 0 Å². The van der Waals surface area contributed by atoms with Crippen LogP contribution in [0.4, 0.5) is 11.4 Å². The summed E-state index contributed by atoms with van der Waals surface area (Å²) in [6.07, 6.45) is 1.95. The number of para-hydroxylation sites is 1. The first kappa shape index (κ1) is 12.7. The van der Waals surface area contributed by atoms with Gasteiger partial charge in [0.2, 0.25) is 5.91 Å². The normalized spacial score (nSPS) is 19.1. The Morgan fingerprint density at radius 2 is 2.17 bits per heavy atom. The van der Waals surface area contributed by atoms with Gasteiger partial charge in [-0.1, -0.05) is 12.1 Å². The van der Waals surface area contributed by atoms with Gasteiger partial charge in [0.25, 0.3) is 0 Å². The molecule has 4 nitrogen and oxygen atoms in total. The Morgan fingerprint density at radius 1 is 1.44 bits per heavy atom. The smallest absolute Gasteiger partial charge is 0.244 e. The molecule has 0 saturated carbocycles. The van der Waals surface area contributed by atoms with Crippen LogP contribution >= 0.6 is 0 Å². The average molecular weight is 247 g/mol. The van der Waals surface area contributed by atoms with Crippen molar-refractivity contribution in [2.45, 2.75) is 25.8 Å². The second-order valence-electron chi connectivity index (χ2n) is 5.09. The van der Waals surface area contributed by atoms with Gasteiger partial charge in [-0.3, -0.25) is 4.79 Å². The predicted octanol–water partition coefficient (Wildman–Crippen LogP) is 1.63. The zero-order valence-corrected chi connectivity index (χ0v) is 11.3. The standard InChI is InChI=1S/C14H21N3O/c1-10-6-4-7-11(13(10)15)17-9-5-8-12(17)14(18)16(2)3/h4,6-7,12H,5,8-9,15H2,1-3H3. The van der Waals surface area contributed by atoms with Crippen LogP contribution in [0.1, 0.15) is 18.4 Å². The van der Waals surface area contributed by atoms with Crippen LogP contribution in [0.5, 0.6) is 0 Å². The summed E-state index contributed by atoms with van der Waals surface area (Å²) >= 11 is 0. The van der Waals surface area contributed by atoms with Crippen molar-refractivity contribution in [3.05, 3.63) is 23.8 Å². The first-order chi connectivity index (χ1) is 8.52. The highest BCUT2D eigenvalue weighted by Gasteiger charge is 2.32. The molecule has 1 heterocycles. The van der Waals surface area contributed by atoms with Gasteiger partial charge in [-0.05, 0) is 31.4 Å². The lowest BCUT2D eigenvalue weighted by Crippen LogP contribution is -2.43. The Hall–Kier alpha value is -1.71. The molecule has 2 rings (SSSR count). The highest BCUT2D eigenvalue weighted by Crippen LogP contribution is 2.32. The number of aryl methyl sites for hydroxylation is 1. The molecule has 1 amide bonds. The van der Waals surface area contributed by atoms with E-state index in [0.717, 1.165) is 36.3 Å². The highest BCUT2D eigenvalue weighted by atomic mass is 16.2. The Morgan fingerprint density at radius 3 is 2.83 bits per heavy atom. The molecule has 1 atom stereocenters. The van der Waals surface area contributed by atoms with Crippen LogP contribution in [0.3, 0.4) is 0 Å². The number of anilines is 2. The number of benzene rings is 1. The molecule has 1 unspecified atom stereocenters. The Balaban J connectivity index is 2.32. The van der Waals surface area contributed by atoms with Crippen molar-refractivity contribution in [2.75, 3.05) is 31.3 Å². The summed E-state index contributed by atoms with van der Waals surface area (Å²) < 4.78 is 0. The van der Waals surface area contributed by atoms with E-state index in [9.17, 15) is 4.79 Å². The second kappa shape index (κ2) is 4.88. The molecule has 0 aromatic heterocycles. The van der Waals surface area contributed by atoms with Crippen molar-refractivity contribution >= 4 is 17.3 Å². The first-order valence-corrected chi connectivity index (χ1v) is 6.35. The molecule has 1 fully saturated rings. The Kier molecular flexibility index (Phi) is 3.45. The van der Waals surface area contributed by atoms with E-state index in [1.54, 1.807) is 19.0 Å². The Labute approximate surface area is 108 Å². The van der Waals surface area contributed by atoms with Crippen LogP contribution in [-0.4, -0.2) is 37.5 Å². The number of carbonyl (C=O) groups excluding carboxylic acids is 1. The van der Waals surface area contributed by atoms with Gasteiger partial charge >= 0.3 is 0 Å².